The Morgan fingerprint density at radius 3 is 2.06 bits per heavy atom. The molecule has 0 aromatic heterocycles. The van der Waals surface area contributed by atoms with Crippen molar-refractivity contribution in [2.24, 2.45) is 0 Å². The van der Waals surface area contributed by atoms with Crippen LogP contribution in [0.25, 0.3) is 0 Å². The van der Waals surface area contributed by atoms with E-state index in [1.807, 2.05) is 42.5 Å². The molecule has 4 heteroatoms. The maximum atomic E-state index is 6.40. The standard InChI is InChI=1S/C13H8BrCl3/c14-11-7-9(3-6-12(11)16)13(17)8-1-4-10(15)5-2-8/h1-7,13H. The highest BCUT2D eigenvalue weighted by molar-refractivity contribution is 9.10. The van der Waals surface area contributed by atoms with Gasteiger partial charge in [0.05, 0.1) is 10.4 Å². The van der Waals surface area contributed by atoms with E-state index in [1.165, 1.54) is 0 Å². The fourth-order valence-corrected chi connectivity index (χ4v) is 2.42. The van der Waals surface area contributed by atoms with E-state index in [0.29, 0.717) is 10.0 Å². The van der Waals surface area contributed by atoms with Gasteiger partial charge < -0.3 is 0 Å². The van der Waals surface area contributed by atoms with Crippen LogP contribution in [0.2, 0.25) is 10.0 Å². The summed E-state index contributed by atoms with van der Waals surface area (Å²) in [6, 6.07) is 13.2. The van der Waals surface area contributed by atoms with Gasteiger partial charge in [0.2, 0.25) is 0 Å². The highest BCUT2D eigenvalue weighted by atomic mass is 79.9. The summed E-state index contributed by atoms with van der Waals surface area (Å²) < 4.78 is 0.844. The van der Waals surface area contributed by atoms with Crippen molar-refractivity contribution in [2.75, 3.05) is 0 Å². The Hall–Kier alpha value is -0.210. The van der Waals surface area contributed by atoms with Gasteiger partial charge in [-0.3, -0.25) is 0 Å². The molecular formula is C13H8BrCl3. The summed E-state index contributed by atoms with van der Waals surface area (Å²) in [7, 11) is 0. The number of benzene rings is 2. The predicted molar refractivity (Wildman–Crippen MR) is 78.3 cm³/mol. The van der Waals surface area contributed by atoms with Gasteiger partial charge in [0, 0.05) is 9.50 Å². The average molecular weight is 350 g/mol. The highest BCUT2D eigenvalue weighted by Crippen LogP contribution is 2.33. The molecule has 0 saturated carbocycles. The summed E-state index contributed by atoms with van der Waals surface area (Å²) in [6.07, 6.45) is 0. The molecule has 2 aromatic carbocycles. The lowest BCUT2D eigenvalue weighted by molar-refractivity contribution is 1.14. The van der Waals surface area contributed by atoms with Crippen LogP contribution in [-0.2, 0) is 0 Å². The van der Waals surface area contributed by atoms with Gasteiger partial charge in [-0.15, -0.1) is 11.6 Å². The molecule has 1 atom stereocenters. The number of rotatable bonds is 2. The largest absolute Gasteiger partial charge is 0.113 e. The Kier molecular flexibility index (Phi) is 4.37. The minimum absolute atomic E-state index is 0.208. The van der Waals surface area contributed by atoms with E-state index >= 15 is 0 Å². The van der Waals surface area contributed by atoms with Gasteiger partial charge in [-0.2, -0.15) is 0 Å². The van der Waals surface area contributed by atoms with Crippen LogP contribution in [0, 0.1) is 0 Å². The number of hydrogen-bond donors (Lipinski definition) is 0. The van der Waals surface area contributed by atoms with Gasteiger partial charge in [-0.1, -0.05) is 41.4 Å². The van der Waals surface area contributed by atoms with Crippen LogP contribution in [-0.4, -0.2) is 0 Å². The molecule has 88 valence electrons. The van der Waals surface area contributed by atoms with E-state index in [2.05, 4.69) is 15.9 Å². The van der Waals surface area contributed by atoms with Crippen LogP contribution in [0.15, 0.2) is 46.9 Å². The Balaban J connectivity index is 2.33. The average Bonchev–Trinajstić information content (AvgIpc) is 2.33. The Morgan fingerprint density at radius 1 is 0.882 bits per heavy atom. The number of alkyl halides is 1. The summed E-state index contributed by atoms with van der Waals surface area (Å²) in [4.78, 5) is 0. The normalized spacial score (nSPS) is 12.5. The number of hydrogen-bond acceptors (Lipinski definition) is 0. The maximum Gasteiger partial charge on any atom is 0.0835 e. The van der Waals surface area contributed by atoms with Gasteiger partial charge in [-0.25, -0.2) is 0 Å². The first-order chi connectivity index (χ1) is 8.08. The zero-order chi connectivity index (χ0) is 12.4. The molecule has 0 N–H and O–H groups in total. The third-order valence-corrected chi connectivity index (χ3v) is 4.37. The quantitative estimate of drug-likeness (QED) is 0.575. The molecule has 0 fully saturated rings. The molecule has 2 aromatic rings. The van der Waals surface area contributed by atoms with Gasteiger partial charge in [0.1, 0.15) is 0 Å². The molecule has 0 aliphatic rings. The van der Waals surface area contributed by atoms with Crippen molar-refractivity contribution >= 4 is 50.7 Å². The molecule has 0 amide bonds. The van der Waals surface area contributed by atoms with Crippen LogP contribution in [0.5, 0.6) is 0 Å². The summed E-state index contributed by atoms with van der Waals surface area (Å²) in [5.41, 5.74) is 2.00. The lowest BCUT2D eigenvalue weighted by atomic mass is 10.0. The van der Waals surface area contributed by atoms with E-state index in [0.717, 1.165) is 15.6 Å². The zero-order valence-corrected chi connectivity index (χ0v) is 12.5. The van der Waals surface area contributed by atoms with Crippen molar-refractivity contribution in [1.29, 1.82) is 0 Å². The molecule has 0 bridgehead atoms. The van der Waals surface area contributed by atoms with Crippen molar-refractivity contribution in [3.8, 4) is 0 Å². The first kappa shape index (κ1) is 13.2. The van der Waals surface area contributed by atoms with Crippen LogP contribution < -0.4 is 0 Å². The van der Waals surface area contributed by atoms with E-state index in [-0.39, 0.29) is 5.38 Å². The first-order valence-electron chi connectivity index (χ1n) is 4.92. The molecule has 0 heterocycles. The molecule has 0 aliphatic heterocycles. The highest BCUT2D eigenvalue weighted by Gasteiger charge is 2.11. The number of halogens is 4. The van der Waals surface area contributed by atoms with Gasteiger partial charge in [0.25, 0.3) is 0 Å². The lowest BCUT2D eigenvalue weighted by Crippen LogP contribution is -1.93. The molecule has 0 nitrogen and oxygen atoms in total. The lowest BCUT2D eigenvalue weighted by Gasteiger charge is -2.11. The SMILES string of the molecule is Clc1ccc(C(Cl)c2ccc(Cl)c(Br)c2)cc1. The monoisotopic (exact) mass is 348 g/mol. The Morgan fingerprint density at radius 2 is 1.47 bits per heavy atom. The Bertz CT molecular complexity index is 523. The smallest absolute Gasteiger partial charge is 0.0835 e. The fraction of sp³-hybridized carbons (Fsp3) is 0.0769. The van der Waals surface area contributed by atoms with E-state index in [4.69, 9.17) is 34.8 Å². The molecule has 0 spiro atoms. The van der Waals surface area contributed by atoms with Crippen LogP contribution >= 0.6 is 50.7 Å². The Labute approximate surface area is 124 Å². The van der Waals surface area contributed by atoms with E-state index in [9.17, 15) is 0 Å². The van der Waals surface area contributed by atoms with Crippen molar-refractivity contribution in [1.82, 2.24) is 0 Å². The first-order valence-corrected chi connectivity index (χ1v) is 6.91. The third-order valence-electron chi connectivity index (χ3n) is 2.40. The van der Waals surface area contributed by atoms with Crippen molar-refractivity contribution in [3.63, 3.8) is 0 Å². The summed E-state index contributed by atoms with van der Waals surface area (Å²) in [6.45, 7) is 0. The van der Waals surface area contributed by atoms with Gasteiger partial charge >= 0.3 is 0 Å². The topological polar surface area (TPSA) is 0 Å². The third kappa shape index (κ3) is 3.17. The molecule has 0 saturated heterocycles. The van der Waals surface area contributed by atoms with Gasteiger partial charge in [0.15, 0.2) is 0 Å². The minimum atomic E-state index is -0.208. The van der Waals surface area contributed by atoms with Gasteiger partial charge in [-0.05, 0) is 51.3 Å². The molecule has 17 heavy (non-hydrogen) atoms. The van der Waals surface area contributed by atoms with Crippen molar-refractivity contribution in [3.05, 3.63) is 68.1 Å². The zero-order valence-electron chi connectivity index (χ0n) is 8.63. The van der Waals surface area contributed by atoms with Crippen LogP contribution in [0.4, 0.5) is 0 Å². The van der Waals surface area contributed by atoms with Crippen LogP contribution in [0.1, 0.15) is 16.5 Å². The van der Waals surface area contributed by atoms with Crippen molar-refractivity contribution in [2.45, 2.75) is 5.38 Å². The second-order valence-electron chi connectivity index (χ2n) is 3.59. The second-order valence-corrected chi connectivity index (χ2v) is 5.72. The summed E-state index contributed by atoms with van der Waals surface area (Å²) in [5.74, 6) is 0. The summed E-state index contributed by atoms with van der Waals surface area (Å²) >= 11 is 21.6. The van der Waals surface area contributed by atoms with E-state index in [1.54, 1.807) is 0 Å². The molecule has 1 unspecified atom stereocenters. The minimum Gasteiger partial charge on any atom is -0.113 e. The maximum absolute atomic E-state index is 6.40. The molecule has 0 aliphatic carbocycles. The van der Waals surface area contributed by atoms with E-state index < -0.39 is 0 Å². The molecule has 0 radical (unpaired) electrons. The molecule has 2 rings (SSSR count). The predicted octanol–water partition coefficient (Wildman–Crippen LogP) is 6.08. The summed E-state index contributed by atoms with van der Waals surface area (Å²) in [5, 5.41) is 1.17. The van der Waals surface area contributed by atoms with Crippen molar-refractivity contribution < 1.29 is 0 Å². The fourth-order valence-electron chi connectivity index (χ4n) is 1.49. The molecular weight excluding hydrogens is 342 g/mol. The van der Waals surface area contributed by atoms with Crippen LogP contribution in [0.3, 0.4) is 0 Å². The second kappa shape index (κ2) is 5.62.